The summed E-state index contributed by atoms with van der Waals surface area (Å²) >= 11 is 0. The molecule has 10 heteroatoms. The van der Waals surface area contributed by atoms with Crippen molar-refractivity contribution >= 4 is 27.3 Å². The number of nitro groups is 1. The minimum Gasteiger partial charge on any atom is -0.360 e. The van der Waals surface area contributed by atoms with E-state index in [2.05, 4.69) is 5.32 Å². The van der Waals surface area contributed by atoms with Gasteiger partial charge in [-0.25, -0.2) is 8.42 Å². The van der Waals surface area contributed by atoms with Gasteiger partial charge in [-0.15, -0.1) is 0 Å². The Hall–Kier alpha value is -2.20. The topological polar surface area (TPSA) is 113 Å². The smallest absolute Gasteiger partial charge is 0.293 e. The van der Waals surface area contributed by atoms with Crippen LogP contribution in [0.3, 0.4) is 0 Å². The Morgan fingerprint density at radius 1 is 1.38 bits per heavy atom. The molecule has 29 heavy (non-hydrogen) atoms. The summed E-state index contributed by atoms with van der Waals surface area (Å²) in [6, 6.07) is 3.85. The van der Waals surface area contributed by atoms with Crippen molar-refractivity contribution in [1.82, 2.24) is 9.62 Å². The van der Waals surface area contributed by atoms with E-state index in [1.165, 1.54) is 21.3 Å². The number of rotatable bonds is 6. The highest BCUT2D eigenvalue weighted by atomic mass is 32.2. The van der Waals surface area contributed by atoms with Gasteiger partial charge in [-0.1, -0.05) is 6.92 Å². The lowest BCUT2D eigenvalue weighted by Gasteiger charge is -2.30. The van der Waals surface area contributed by atoms with Crippen molar-refractivity contribution in [3.8, 4) is 0 Å². The van der Waals surface area contributed by atoms with Crippen LogP contribution in [0.1, 0.15) is 40.5 Å². The van der Waals surface area contributed by atoms with Crippen molar-refractivity contribution in [3.05, 3.63) is 28.3 Å². The van der Waals surface area contributed by atoms with E-state index < -0.39 is 20.5 Å². The summed E-state index contributed by atoms with van der Waals surface area (Å²) in [5.74, 6) is -0.0338. The van der Waals surface area contributed by atoms with E-state index in [1.807, 2.05) is 27.7 Å². The number of piperidine rings is 1. The minimum absolute atomic E-state index is 0.0894. The summed E-state index contributed by atoms with van der Waals surface area (Å²) in [7, 11) is -2.25. The molecule has 1 fully saturated rings. The summed E-state index contributed by atoms with van der Waals surface area (Å²) in [6.07, 6.45) is 1.73. The van der Waals surface area contributed by atoms with E-state index in [-0.39, 0.29) is 34.6 Å². The van der Waals surface area contributed by atoms with Crippen LogP contribution in [0.2, 0.25) is 0 Å². The Labute approximate surface area is 172 Å². The average Bonchev–Trinajstić information content (AvgIpc) is 2.59. The largest absolute Gasteiger partial charge is 0.360 e. The van der Waals surface area contributed by atoms with Crippen LogP contribution in [0.15, 0.2) is 23.1 Å². The standard InChI is InChI=1S/C19H30N4O5S/c1-14-7-6-10-22(12-14)29(27,28)15-8-9-16(17(11-15)23(25)26)21(5)13-18(24)20-19(2,3)4/h8-9,11,14H,6-7,10,12-13H2,1-5H3,(H,20,24)/t14-/m1/s1. The molecule has 1 atom stereocenters. The molecule has 1 amide bonds. The second-order valence-corrected chi connectivity index (χ2v) is 10.6. The van der Waals surface area contributed by atoms with Crippen molar-refractivity contribution in [2.24, 2.45) is 5.92 Å². The zero-order valence-electron chi connectivity index (χ0n) is 17.6. The summed E-state index contributed by atoms with van der Waals surface area (Å²) in [4.78, 5) is 24.5. The molecule has 1 aliphatic heterocycles. The fraction of sp³-hybridized carbons (Fsp3) is 0.632. The Balaban J connectivity index is 2.31. The first kappa shape index (κ1) is 23.1. The van der Waals surface area contributed by atoms with E-state index in [4.69, 9.17) is 0 Å². The Morgan fingerprint density at radius 3 is 2.59 bits per heavy atom. The highest BCUT2D eigenvalue weighted by molar-refractivity contribution is 7.89. The molecule has 2 rings (SSSR count). The van der Waals surface area contributed by atoms with Gasteiger partial charge in [0.05, 0.1) is 16.4 Å². The third kappa shape index (κ3) is 5.89. The number of sulfonamides is 1. The van der Waals surface area contributed by atoms with E-state index in [1.54, 1.807) is 7.05 Å². The Kier molecular flexibility index (Phi) is 6.89. The molecule has 1 aromatic carbocycles. The van der Waals surface area contributed by atoms with E-state index in [9.17, 15) is 23.3 Å². The van der Waals surface area contributed by atoms with Gasteiger partial charge >= 0.3 is 0 Å². The number of hydrogen-bond donors (Lipinski definition) is 1. The van der Waals surface area contributed by atoms with Gasteiger partial charge in [0, 0.05) is 31.7 Å². The molecular formula is C19H30N4O5S. The van der Waals surface area contributed by atoms with Crippen molar-refractivity contribution in [1.29, 1.82) is 0 Å². The molecular weight excluding hydrogens is 396 g/mol. The SMILES string of the molecule is C[C@@H]1CCCN(S(=O)(=O)c2ccc(N(C)CC(=O)NC(C)(C)C)c([N+](=O)[O-])c2)C1. The summed E-state index contributed by atoms with van der Waals surface area (Å²) in [5, 5.41) is 14.4. The monoisotopic (exact) mass is 426 g/mol. The predicted octanol–water partition coefficient (Wildman–Crippen LogP) is 2.37. The molecule has 1 heterocycles. The van der Waals surface area contributed by atoms with Crippen molar-refractivity contribution in [2.45, 2.75) is 51.0 Å². The van der Waals surface area contributed by atoms with Gasteiger partial charge in [0.25, 0.3) is 5.69 Å². The van der Waals surface area contributed by atoms with Gasteiger partial charge in [-0.2, -0.15) is 4.31 Å². The maximum Gasteiger partial charge on any atom is 0.293 e. The Bertz CT molecular complexity index is 879. The number of benzene rings is 1. The molecule has 1 saturated heterocycles. The third-order valence-corrected chi connectivity index (χ3v) is 6.57. The number of anilines is 1. The second-order valence-electron chi connectivity index (χ2n) is 8.67. The van der Waals surface area contributed by atoms with Gasteiger partial charge in [-0.3, -0.25) is 14.9 Å². The van der Waals surface area contributed by atoms with Crippen LogP contribution in [-0.2, 0) is 14.8 Å². The lowest BCUT2D eigenvalue weighted by atomic mass is 10.0. The number of likely N-dealkylation sites (N-methyl/N-ethyl adjacent to an activating group) is 1. The predicted molar refractivity (Wildman–Crippen MR) is 111 cm³/mol. The van der Waals surface area contributed by atoms with Crippen molar-refractivity contribution in [2.75, 3.05) is 31.6 Å². The zero-order chi connectivity index (χ0) is 22.0. The number of amides is 1. The van der Waals surface area contributed by atoms with Gasteiger partial charge in [-0.05, 0) is 51.7 Å². The highest BCUT2D eigenvalue weighted by Crippen LogP contribution is 2.32. The quantitative estimate of drug-likeness (QED) is 0.552. The molecule has 0 bridgehead atoms. The number of carbonyl (C=O) groups excluding carboxylic acids is 1. The van der Waals surface area contributed by atoms with E-state index in [0.717, 1.165) is 18.9 Å². The number of nitrogens with one attached hydrogen (secondary N) is 1. The first-order chi connectivity index (χ1) is 13.3. The minimum atomic E-state index is -3.81. The molecule has 1 N–H and O–H groups in total. The maximum atomic E-state index is 12.9. The van der Waals surface area contributed by atoms with Crippen LogP contribution in [-0.4, -0.2) is 55.8 Å². The fourth-order valence-electron chi connectivity index (χ4n) is 3.40. The molecule has 162 valence electrons. The maximum absolute atomic E-state index is 12.9. The van der Waals surface area contributed by atoms with Crippen LogP contribution in [0.4, 0.5) is 11.4 Å². The van der Waals surface area contributed by atoms with Crippen LogP contribution in [0.5, 0.6) is 0 Å². The van der Waals surface area contributed by atoms with Gasteiger partial charge in [0.1, 0.15) is 5.69 Å². The molecule has 0 radical (unpaired) electrons. The van der Waals surface area contributed by atoms with E-state index in [0.29, 0.717) is 13.1 Å². The number of hydrogen-bond acceptors (Lipinski definition) is 6. The van der Waals surface area contributed by atoms with Crippen LogP contribution >= 0.6 is 0 Å². The molecule has 0 aromatic heterocycles. The zero-order valence-corrected chi connectivity index (χ0v) is 18.5. The van der Waals surface area contributed by atoms with E-state index >= 15 is 0 Å². The molecule has 0 spiro atoms. The van der Waals surface area contributed by atoms with Crippen LogP contribution < -0.4 is 10.2 Å². The molecule has 1 aliphatic rings. The fourth-order valence-corrected chi connectivity index (χ4v) is 5.02. The summed E-state index contributed by atoms with van der Waals surface area (Å²) in [6.45, 7) is 8.25. The molecule has 9 nitrogen and oxygen atoms in total. The number of carbonyl (C=O) groups is 1. The van der Waals surface area contributed by atoms with Crippen molar-refractivity contribution in [3.63, 3.8) is 0 Å². The van der Waals surface area contributed by atoms with Crippen LogP contribution in [0.25, 0.3) is 0 Å². The van der Waals surface area contributed by atoms with Gasteiger partial charge in [0.15, 0.2) is 0 Å². The lowest BCUT2D eigenvalue weighted by molar-refractivity contribution is -0.384. The third-order valence-electron chi connectivity index (χ3n) is 4.71. The lowest BCUT2D eigenvalue weighted by Crippen LogP contribution is -2.45. The van der Waals surface area contributed by atoms with Crippen LogP contribution in [0, 0.1) is 16.0 Å². The highest BCUT2D eigenvalue weighted by Gasteiger charge is 2.31. The summed E-state index contributed by atoms with van der Waals surface area (Å²) in [5.41, 5.74) is -0.583. The average molecular weight is 427 g/mol. The Morgan fingerprint density at radius 2 is 2.03 bits per heavy atom. The van der Waals surface area contributed by atoms with Crippen molar-refractivity contribution < 1.29 is 18.1 Å². The molecule has 1 aromatic rings. The molecule has 0 aliphatic carbocycles. The first-order valence-corrected chi connectivity index (χ1v) is 11.1. The normalized spacial score (nSPS) is 18.3. The van der Waals surface area contributed by atoms with Gasteiger partial charge in [0.2, 0.25) is 15.9 Å². The number of nitro benzene ring substituents is 1. The second kappa shape index (κ2) is 8.66. The molecule has 0 saturated carbocycles. The van der Waals surface area contributed by atoms with Gasteiger partial charge < -0.3 is 10.2 Å². The molecule has 0 unspecified atom stereocenters. The first-order valence-electron chi connectivity index (χ1n) is 9.62. The summed E-state index contributed by atoms with van der Waals surface area (Å²) < 4.78 is 27.3. The number of nitrogens with zero attached hydrogens (tertiary/aromatic N) is 3.